The lowest BCUT2D eigenvalue weighted by Gasteiger charge is -2.42. The largest absolute Gasteiger partial charge is 0.204 e. The summed E-state index contributed by atoms with van der Waals surface area (Å²) < 4.78 is 69.7. The van der Waals surface area contributed by atoms with E-state index in [1.165, 1.54) is 32.1 Å². The monoisotopic (exact) mass is 450 g/mol. The Balaban J connectivity index is 1.42. The number of benzene rings is 2. The highest BCUT2D eigenvalue weighted by Gasteiger charge is 2.36. The van der Waals surface area contributed by atoms with Crippen LogP contribution in [0.3, 0.4) is 0 Å². The van der Waals surface area contributed by atoms with Gasteiger partial charge in [-0.3, -0.25) is 0 Å². The molecule has 4 rings (SSSR count). The van der Waals surface area contributed by atoms with Gasteiger partial charge >= 0.3 is 0 Å². The Morgan fingerprint density at radius 2 is 1.44 bits per heavy atom. The van der Waals surface area contributed by atoms with Gasteiger partial charge in [-0.2, -0.15) is 0 Å². The average molecular weight is 451 g/mol. The highest BCUT2D eigenvalue weighted by Crippen LogP contribution is 2.48. The summed E-state index contributed by atoms with van der Waals surface area (Å²) in [5.74, 6) is -3.54. The van der Waals surface area contributed by atoms with Gasteiger partial charge in [0, 0.05) is 0 Å². The summed E-state index contributed by atoms with van der Waals surface area (Å²) in [6, 6.07) is 5.07. The first-order valence-electron chi connectivity index (χ1n) is 12.0. The smallest absolute Gasteiger partial charge is 0.194 e. The molecule has 2 aliphatic carbocycles. The fourth-order valence-corrected chi connectivity index (χ4v) is 6.08. The Hall–Kier alpha value is -1.91. The Bertz CT molecular complexity index is 930. The summed E-state index contributed by atoms with van der Waals surface area (Å²) in [6.07, 6.45) is 9.33. The molecule has 0 amide bonds. The minimum absolute atomic E-state index is 0.0443. The lowest BCUT2D eigenvalue weighted by molar-refractivity contribution is 0.113. The van der Waals surface area contributed by atoms with Crippen LogP contribution in [0.2, 0.25) is 0 Å². The van der Waals surface area contributed by atoms with Crippen LogP contribution in [0.4, 0.5) is 22.0 Å². The molecule has 0 nitrogen and oxygen atoms in total. The van der Waals surface area contributed by atoms with E-state index in [9.17, 15) is 22.0 Å². The van der Waals surface area contributed by atoms with Crippen molar-refractivity contribution in [3.05, 3.63) is 70.0 Å². The van der Waals surface area contributed by atoms with Gasteiger partial charge in [-0.05, 0) is 97.4 Å². The maximum Gasteiger partial charge on any atom is 0.194 e. The molecule has 0 spiro atoms. The van der Waals surface area contributed by atoms with Crippen LogP contribution in [0.15, 0.2) is 24.3 Å². The predicted octanol–water partition coefficient (Wildman–Crippen LogP) is 8.27. The summed E-state index contributed by atoms with van der Waals surface area (Å²) in [4.78, 5) is 0. The Morgan fingerprint density at radius 1 is 0.750 bits per heavy atom. The van der Waals surface area contributed by atoms with Crippen molar-refractivity contribution < 1.29 is 22.0 Å². The Morgan fingerprint density at radius 3 is 2.16 bits per heavy atom. The van der Waals surface area contributed by atoms with Gasteiger partial charge in [-0.1, -0.05) is 38.3 Å². The fraction of sp³-hybridized carbons (Fsp3) is 0.556. The van der Waals surface area contributed by atoms with Crippen molar-refractivity contribution in [1.29, 1.82) is 0 Å². The molecule has 5 heteroatoms. The number of halogens is 5. The van der Waals surface area contributed by atoms with Gasteiger partial charge in [0.15, 0.2) is 29.1 Å². The van der Waals surface area contributed by atoms with E-state index in [1.807, 2.05) is 0 Å². The normalized spacial score (nSPS) is 25.6. The molecule has 0 heterocycles. The van der Waals surface area contributed by atoms with E-state index in [0.29, 0.717) is 11.5 Å². The minimum atomic E-state index is -1.52. The van der Waals surface area contributed by atoms with E-state index >= 15 is 0 Å². The SMILES string of the molecule is CCCC1CCC2CC(c3ccc(CCc4cc(F)c(F)c(F)c4)c(F)c3F)CCC2C1. The van der Waals surface area contributed by atoms with Crippen molar-refractivity contribution in [3.63, 3.8) is 0 Å². The Labute approximate surface area is 187 Å². The van der Waals surface area contributed by atoms with Crippen LogP contribution in [0, 0.1) is 46.8 Å². The Kier molecular flexibility index (Phi) is 7.21. The molecular formula is C27H31F5. The van der Waals surface area contributed by atoms with Crippen LogP contribution in [0.25, 0.3) is 0 Å². The molecule has 2 aliphatic rings. The van der Waals surface area contributed by atoms with Crippen molar-refractivity contribution in [3.8, 4) is 0 Å². The van der Waals surface area contributed by atoms with Crippen LogP contribution in [0.1, 0.15) is 80.9 Å². The lowest BCUT2D eigenvalue weighted by Crippen LogP contribution is -2.30. The molecule has 0 bridgehead atoms. The van der Waals surface area contributed by atoms with Gasteiger partial charge in [0.05, 0.1) is 0 Å². The summed E-state index contributed by atoms with van der Waals surface area (Å²) in [6.45, 7) is 2.24. The van der Waals surface area contributed by atoms with E-state index in [1.54, 1.807) is 12.1 Å². The zero-order valence-corrected chi connectivity index (χ0v) is 18.6. The number of rotatable bonds is 6. The molecule has 32 heavy (non-hydrogen) atoms. The van der Waals surface area contributed by atoms with Gasteiger partial charge in [-0.25, -0.2) is 22.0 Å². The second kappa shape index (κ2) is 9.93. The van der Waals surface area contributed by atoms with Gasteiger partial charge < -0.3 is 0 Å². The van der Waals surface area contributed by atoms with Crippen molar-refractivity contribution in [2.45, 2.75) is 77.0 Å². The molecular weight excluding hydrogens is 419 g/mol. The molecule has 0 radical (unpaired) electrons. The maximum absolute atomic E-state index is 15.0. The second-order valence-corrected chi connectivity index (χ2v) is 9.81. The van der Waals surface area contributed by atoms with Crippen LogP contribution in [-0.2, 0) is 12.8 Å². The van der Waals surface area contributed by atoms with Crippen molar-refractivity contribution in [2.75, 3.05) is 0 Å². The molecule has 2 fully saturated rings. The first-order chi connectivity index (χ1) is 15.4. The molecule has 2 aromatic carbocycles. The molecule has 4 atom stereocenters. The molecule has 0 N–H and O–H groups in total. The summed E-state index contributed by atoms with van der Waals surface area (Å²) in [5.41, 5.74) is 0.840. The van der Waals surface area contributed by atoms with Gasteiger partial charge in [0.1, 0.15) is 0 Å². The third-order valence-electron chi connectivity index (χ3n) is 7.78. The minimum Gasteiger partial charge on any atom is -0.204 e. The number of aryl methyl sites for hydroxylation is 2. The van der Waals surface area contributed by atoms with Crippen LogP contribution in [-0.4, -0.2) is 0 Å². The van der Waals surface area contributed by atoms with E-state index in [0.717, 1.165) is 43.2 Å². The summed E-state index contributed by atoms with van der Waals surface area (Å²) >= 11 is 0. The molecule has 0 aromatic heterocycles. The van der Waals surface area contributed by atoms with E-state index in [-0.39, 0.29) is 29.9 Å². The molecule has 174 valence electrons. The van der Waals surface area contributed by atoms with E-state index in [4.69, 9.17) is 0 Å². The number of hydrogen-bond acceptors (Lipinski definition) is 0. The first kappa shape index (κ1) is 23.3. The lowest BCUT2D eigenvalue weighted by atomic mass is 9.63. The third kappa shape index (κ3) is 4.87. The first-order valence-corrected chi connectivity index (χ1v) is 12.0. The second-order valence-electron chi connectivity index (χ2n) is 9.81. The van der Waals surface area contributed by atoms with Crippen molar-refractivity contribution in [1.82, 2.24) is 0 Å². The highest BCUT2D eigenvalue weighted by molar-refractivity contribution is 5.31. The van der Waals surface area contributed by atoms with Crippen molar-refractivity contribution >= 4 is 0 Å². The van der Waals surface area contributed by atoms with Crippen LogP contribution >= 0.6 is 0 Å². The zero-order valence-electron chi connectivity index (χ0n) is 18.6. The standard InChI is InChI=1S/C27H31F5/c1-2-3-16-4-7-20-15-21(9-8-19(20)12-16)22-11-10-18(25(30)26(22)31)6-5-17-13-23(28)27(32)24(29)14-17/h10-11,13-14,16,19-21H,2-9,12,15H2,1H3. The molecule has 0 aliphatic heterocycles. The molecule has 2 saturated carbocycles. The quantitative estimate of drug-likeness (QED) is 0.307. The fourth-order valence-electron chi connectivity index (χ4n) is 6.08. The number of hydrogen-bond donors (Lipinski definition) is 0. The van der Waals surface area contributed by atoms with Crippen LogP contribution < -0.4 is 0 Å². The average Bonchev–Trinajstić information content (AvgIpc) is 2.78. The topological polar surface area (TPSA) is 0 Å². The van der Waals surface area contributed by atoms with E-state index < -0.39 is 29.1 Å². The number of fused-ring (bicyclic) bond motifs is 1. The maximum atomic E-state index is 15.0. The summed E-state index contributed by atoms with van der Waals surface area (Å²) in [5, 5.41) is 0. The molecule has 2 aromatic rings. The molecule has 4 unspecified atom stereocenters. The zero-order chi connectivity index (χ0) is 22.8. The summed E-state index contributed by atoms with van der Waals surface area (Å²) in [7, 11) is 0. The van der Waals surface area contributed by atoms with Crippen molar-refractivity contribution in [2.24, 2.45) is 17.8 Å². The predicted molar refractivity (Wildman–Crippen MR) is 116 cm³/mol. The van der Waals surface area contributed by atoms with Gasteiger partial charge in [-0.15, -0.1) is 0 Å². The molecule has 0 saturated heterocycles. The van der Waals surface area contributed by atoms with Gasteiger partial charge in [0.2, 0.25) is 0 Å². The van der Waals surface area contributed by atoms with Crippen LogP contribution in [0.5, 0.6) is 0 Å². The highest BCUT2D eigenvalue weighted by atomic mass is 19.2. The van der Waals surface area contributed by atoms with E-state index in [2.05, 4.69) is 6.92 Å². The van der Waals surface area contributed by atoms with Gasteiger partial charge in [0.25, 0.3) is 0 Å². The third-order valence-corrected chi connectivity index (χ3v) is 7.78.